The highest BCUT2D eigenvalue weighted by molar-refractivity contribution is 5.97. The molecule has 1 atom stereocenters. The van der Waals surface area contributed by atoms with E-state index in [1.165, 1.54) is 0 Å². The fourth-order valence-corrected chi connectivity index (χ4v) is 4.40. The van der Waals surface area contributed by atoms with Gasteiger partial charge in [0.15, 0.2) is 5.65 Å². The number of carbonyl (C=O) groups is 1. The Morgan fingerprint density at radius 3 is 2.79 bits per heavy atom. The van der Waals surface area contributed by atoms with Gasteiger partial charge in [-0.3, -0.25) is 4.79 Å². The molecule has 1 amide bonds. The van der Waals surface area contributed by atoms with Crippen LogP contribution in [-0.4, -0.2) is 65.7 Å². The molecular formula is C25H35N7O2. The third-order valence-electron chi connectivity index (χ3n) is 6.30. The quantitative estimate of drug-likeness (QED) is 0.610. The van der Waals surface area contributed by atoms with Crippen LogP contribution >= 0.6 is 0 Å². The molecule has 2 bridgehead atoms. The van der Waals surface area contributed by atoms with Gasteiger partial charge < -0.3 is 25.6 Å². The lowest BCUT2D eigenvalue weighted by atomic mass is 10.1. The van der Waals surface area contributed by atoms with Crippen molar-refractivity contribution in [2.24, 2.45) is 5.73 Å². The van der Waals surface area contributed by atoms with E-state index in [1.54, 1.807) is 4.90 Å². The van der Waals surface area contributed by atoms with Crippen molar-refractivity contribution >= 4 is 23.2 Å². The summed E-state index contributed by atoms with van der Waals surface area (Å²) in [5.41, 5.74) is 8.84. The van der Waals surface area contributed by atoms with E-state index in [0.29, 0.717) is 31.0 Å². The van der Waals surface area contributed by atoms with Gasteiger partial charge in [-0.1, -0.05) is 18.6 Å². The number of aromatic nitrogens is 3. The minimum atomic E-state index is -0.203. The number of fused-ring (bicyclic) bond motifs is 2. The molecule has 0 saturated heterocycles. The van der Waals surface area contributed by atoms with E-state index in [9.17, 15) is 4.79 Å². The molecule has 1 aliphatic heterocycles. The number of rotatable bonds is 4. The third kappa shape index (κ3) is 4.79. The van der Waals surface area contributed by atoms with Crippen molar-refractivity contribution in [3.05, 3.63) is 47.2 Å². The molecule has 1 aromatic carbocycles. The van der Waals surface area contributed by atoms with E-state index >= 15 is 0 Å². The van der Waals surface area contributed by atoms with Crippen LogP contribution in [0.4, 0.5) is 11.6 Å². The fourth-order valence-electron chi connectivity index (χ4n) is 4.40. The Balaban J connectivity index is 1.81. The average molecular weight is 466 g/mol. The molecule has 2 aromatic heterocycles. The van der Waals surface area contributed by atoms with Crippen molar-refractivity contribution in [3.8, 4) is 5.75 Å². The molecule has 0 spiro atoms. The zero-order chi connectivity index (χ0) is 24.2. The summed E-state index contributed by atoms with van der Waals surface area (Å²) >= 11 is 0. The van der Waals surface area contributed by atoms with Gasteiger partial charge in [-0.2, -0.15) is 9.61 Å². The zero-order valence-corrected chi connectivity index (χ0v) is 20.5. The van der Waals surface area contributed by atoms with E-state index in [4.69, 9.17) is 20.6 Å². The van der Waals surface area contributed by atoms with E-state index in [2.05, 4.69) is 24.2 Å². The van der Waals surface area contributed by atoms with Gasteiger partial charge >= 0.3 is 0 Å². The molecule has 0 fully saturated rings. The summed E-state index contributed by atoms with van der Waals surface area (Å²) in [5.74, 6) is 2.26. The first kappa shape index (κ1) is 23.8. The predicted molar refractivity (Wildman–Crippen MR) is 135 cm³/mol. The summed E-state index contributed by atoms with van der Waals surface area (Å²) in [6, 6.07) is 9.57. The second-order valence-electron chi connectivity index (χ2n) is 8.87. The fraction of sp³-hybridized carbons (Fsp3) is 0.480. The van der Waals surface area contributed by atoms with E-state index in [-0.39, 0.29) is 11.9 Å². The molecule has 3 heterocycles. The van der Waals surface area contributed by atoms with Crippen molar-refractivity contribution in [1.29, 1.82) is 0 Å². The molecule has 34 heavy (non-hydrogen) atoms. The van der Waals surface area contributed by atoms with Crippen LogP contribution in [0.15, 0.2) is 30.3 Å². The van der Waals surface area contributed by atoms with Gasteiger partial charge in [0.1, 0.15) is 17.4 Å². The van der Waals surface area contributed by atoms with E-state index < -0.39 is 0 Å². The molecule has 182 valence electrons. The maximum atomic E-state index is 13.6. The molecule has 3 N–H and O–H groups in total. The summed E-state index contributed by atoms with van der Waals surface area (Å²) < 4.78 is 7.95. The van der Waals surface area contributed by atoms with Crippen LogP contribution in [-0.2, 0) is 0 Å². The van der Waals surface area contributed by atoms with Gasteiger partial charge in [-0.25, -0.2) is 4.98 Å². The minimum absolute atomic E-state index is 0.0759. The van der Waals surface area contributed by atoms with Crippen LogP contribution in [0.2, 0.25) is 0 Å². The van der Waals surface area contributed by atoms with Gasteiger partial charge in [0, 0.05) is 45.9 Å². The number of nitrogens with one attached hydrogen (secondary N) is 1. The Morgan fingerprint density at radius 2 is 2.03 bits per heavy atom. The Hall–Kier alpha value is -3.33. The van der Waals surface area contributed by atoms with Gasteiger partial charge in [0.2, 0.25) is 0 Å². The van der Waals surface area contributed by atoms with Crippen molar-refractivity contribution in [2.75, 3.05) is 50.6 Å². The van der Waals surface area contributed by atoms with Crippen LogP contribution in [0.1, 0.15) is 53.8 Å². The summed E-state index contributed by atoms with van der Waals surface area (Å²) in [5, 5.41) is 8.21. The number of nitrogens with two attached hydrogens (primary N) is 1. The Morgan fingerprint density at radius 1 is 1.21 bits per heavy atom. The number of ether oxygens (including phenoxy) is 1. The topological polar surface area (TPSA) is 101 Å². The van der Waals surface area contributed by atoms with Gasteiger partial charge in [-0.05, 0) is 38.3 Å². The smallest absolute Gasteiger partial charge is 0.257 e. The molecule has 0 radical (unpaired) electrons. The molecule has 0 aliphatic carbocycles. The first-order chi connectivity index (χ1) is 16.4. The van der Waals surface area contributed by atoms with Gasteiger partial charge in [0.05, 0.1) is 23.9 Å². The Kier molecular flexibility index (Phi) is 7.21. The molecule has 0 saturated carbocycles. The van der Waals surface area contributed by atoms with Crippen molar-refractivity contribution in [2.45, 2.75) is 39.2 Å². The van der Waals surface area contributed by atoms with Crippen LogP contribution < -0.4 is 20.7 Å². The average Bonchev–Trinajstić information content (AvgIpc) is 3.25. The number of aryl methyl sites for hydroxylation is 1. The monoisotopic (exact) mass is 465 g/mol. The summed E-state index contributed by atoms with van der Waals surface area (Å²) in [6.45, 7) is 6.60. The normalized spacial score (nSPS) is 17.3. The van der Waals surface area contributed by atoms with E-state index in [1.807, 2.05) is 48.8 Å². The zero-order valence-electron chi connectivity index (χ0n) is 20.5. The number of nitrogens with zero attached hydrogens (tertiary/aromatic N) is 5. The highest BCUT2D eigenvalue weighted by Crippen LogP contribution is 2.30. The summed E-state index contributed by atoms with van der Waals surface area (Å²) in [7, 11) is 3.90. The van der Waals surface area contributed by atoms with Crippen LogP contribution in [0.3, 0.4) is 0 Å². The standard InChI is InChI=1S/C25H35N7O2/c1-5-20-19-15-23-28-22(27-11-10-26)16-24(32(23)29-19)30(3)12-6-7-13-34-21-9-8-17(2)14-18(21)25(33)31(20)4/h8-9,14-16,20H,5-7,10-13,26H2,1-4H3,(H,27,28). The number of amides is 1. The van der Waals surface area contributed by atoms with Gasteiger partial charge in [-0.15, -0.1) is 0 Å². The molecule has 1 unspecified atom stereocenters. The lowest BCUT2D eigenvalue weighted by molar-refractivity contribution is 0.0718. The van der Waals surface area contributed by atoms with Crippen LogP contribution in [0.5, 0.6) is 5.75 Å². The highest BCUT2D eigenvalue weighted by Gasteiger charge is 2.27. The second kappa shape index (κ2) is 10.3. The largest absolute Gasteiger partial charge is 0.493 e. The molecule has 4 rings (SSSR count). The SMILES string of the molecule is CCC1c2cc3nc(NCCN)cc(n3n2)N(C)CCCCOc2ccc(C)cc2C(=O)N1C. The maximum absolute atomic E-state index is 13.6. The number of carbonyl (C=O) groups excluding carboxylic acids is 1. The van der Waals surface area contributed by atoms with E-state index in [0.717, 1.165) is 54.3 Å². The Labute approximate surface area is 200 Å². The molecule has 9 heteroatoms. The second-order valence-corrected chi connectivity index (χ2v) is 8.87. The number of hydrogen-bond donors (Lipinski definition) is 2. The number of hydrogen-bond acceptors (Lipinski definition) is 7. The lowest BCUT2D eigenvalue weighted by Crippen LogP contribution is -2.31. The van der Waals surface area contributed by atoms with Crippen LogP contribution in [0, 0.1) is 6.92 Å². The van der Waals surface area contributed by atoms with Crippen molar-refractivity contribution in [1.82, 2.24) is 19.5 Å². The van der Waals surface area contributed by atoms with Crippen molar-refractivity contribution in [3.63, 3.8) is 0 Å². The Bertz CT molecular complexity index is 1160. The first-order valence-corrected chi connectivity index (χ1v) is 12.0. The molecule has 3 aromatic rings. The first-order valence-electron chi connectivity index (χ1n) is 12.0. The molecule has 9 nitrogen and oxygen atoms in total. The van der Waals surface area contributed by atoms with Gasteiger partial charge in [0.25, 0.3) is 5.91 Å². The number of benzene rings is 1. The molecule has 1 aliphatic rings. The summed E-state index contributed by atoms with van der Waals surface area (Å²) in [6.07, 6.45) is 2.53. The predicted octanol–water partition coefficient (Wildman–Crippen LogP) is 3.24. The lowest BCUT2D eigenvalue weighted by Gasteiger charge is -2.27. The molecular weight excluding hydrogens is 430 g/mol. The summed E-state index contributed by atoms with van der Waals surface area (Å²) in [4.78, 5) is 22.3. The minimum Gasteiger partial charge on any atom is -0.493 e. The highest BCUT2D eigenvalue weighted by atomic mass is 16.5. The maximum Gasteiger partial charge on any atom is 0.257 e. The third-order valence-corrected chi connectivity index (χ3v) is 6.30. The van der Waals surface area contributed by atoms with Crippen molar-refractivity contribution < 1.29 is 9.53 Å². The van der Waals surface area contributed by atoms with Crippen LogP contribution in [0.25, 0.3) is 5.65 Å². The number of anilines is 2.